The minimum atomic E-state index is 0. The number of hydrogen-bond donors (Lipinski definition) is 0. The van der Waals surface area contributed by atoms with Crippen LogP contribution in [0.1, 0.15) is 47.0 Å². The number of carbonyl (C=O) groups is 2. The van der Waals surface area contributed by atoms with E-state index >= 15 is 0 Å². The zero-order valence-corrected chi connectivity index (χ0v) is 11.0. The van der Waals surface area contributed by atoms with E-state index in [1.54, 1.807) is 6.92 Å². The van der Waals surface area contributed by atoms with Crippen molar-refractivity contribution in [3.05, 3.63) is 0 Å². The monoisotopic (exact) mass is 365 g/mol. The second kappa shape index (κ2) is 6.48. The largest absolute Gasteiger partial charge is 4.00 e. The molecule has 0 aromatic carbocycles. The van der Waals surface area contributed by atoms with E-state index in [9.17, 15) is 9.59 Å². The SMILES string of the molecule is CCC(=O)CC(=O)CC(C)(C)C.[Pt+4]. The number of Topliss-reactive ketones (excluding diaryl/α,β-unsaturated/α-hetero) is 2. The van der Waals surface area contributed by atoms with Crippen LogP contribution in [0, 0.1) is 5.41 Å². The van der Waals surface area contributed by atoms with Gasteiger partial charge in [0.15, 0.2) is 0 Å². The van der Waals surface area contributed by atoms with Crippen LogP contribution in [-0.2, 0) is 30.7 Å². The van der Waals surface area contributed by atoms with Crippen LogP contribution < -0.4 is 0 Å². The van der Waals surface area contributed by atoms with Crippen LogP contribution in [-0.4, -0.2) is 11.6 Å². The van der Waals surface area contributed by atoms with Crippen molar-refractivity contribution in [1.29, 1.82) is 0 Å². The Labute approximate surface area is 94.7 Å². The third-order valence-corrected chi connectivity index (χ3v) is 1.52. The first-order valence-electron chi connectivity index (χ1n) is 4.38. The average molecular weight is 365 g/mol. The van der Waals surface area contributed by atoms with Crippen molar-refractivity contribution in [2.75, 3.05) is 0 Å². The fraction of sp³-hybridized carbons (Fsp3) is 0.800. The van der Waals surface area contributed by atoms with Crippen molar-refractivity contribution in [3.8, 4) is 0 Å². The van der Waals surface area contributed by atoms with E-state index < -0.39 is 0 Å². The van der Waals surface area contributed by atoms with E-state index in [0.29, 0.717) is 12.8 Å². The molecule has 0 rings (SSSR count). The van der Waals surface area contributed by atoms with Crippen LogP contribution in [0.3, 0.4) is 0 Å². The normalized spacial score (nSPS) is 10.5. The summed E-state index contributed by atoms with van der Waals surface area (Å²) in [5.74, 6) is 0.110. The summed E-state index contributed by atoms with van der Waals surface area (Å²) in [5, 5.41) is 0. The number of hydrogen-bond acceptors (Lipinski definition) is 2. The Hall–Kier alpha value is 0.0283. The van der Waals surface area contributed by atoms with Gasteiger partial charge < -0.3 is 0 Å². The van der Waals surface area contributed by atoms with E-state index in [-0.39, 0.29) is 44.5 Å². The van der Waals surface area contributed by atoms with Gasteiger partial charge in [-0.3, -0.25) is 9.59 Å². The molecule has 2 nitrogen and oxygen atoms in total. The molecule has 0 spiro atoms. The van der Waals surface area contributed by atoms with Crippen molar-refractivity contribution in [2.45, 2.75) is 47.0 Å². The molecule has 0 saturated heterocycles. The molecule has 0 bridgehead atoms. The van der Waals surface area contributed by atoms with Crippen LogP contribution >= 0.6 is 0 Å². The summed E-state index contributed by atoms with van der Waals surface area (Å²) in [5.41, 5.74) is 0.00506. The molecule has 0 saturated carbocycles. The molecule has 0 unspecified atom stereocenters. The van der Waals surface area contributed by atoms with Crippen molar-refractivity contribution < 1.29 is 30.7 Å². The first-order valence-corrected chi connectivity index (χ1v) is 4.38. The Morgan fingerprint density at radius 2 is 1.54 bits per heavy atom. The number of rotatable bonds is 4. The molecule has 0 aromatic rings. The van der Waals surface area contributed by atoms with Gasteiger partial charge in [-0.05, 0) is 5.41 Å². The third kappa shape index (κ3) is 9.95. The molecular formula is C10H18O2Pt+4. The smallest absolute Gasteiger partial charge is 0.299 e. The molecule has 0 amide bonds. The summed E-state index contributed by atoms with van der Waals surface area (Å²) in [6, 6.07) is 0. The first kappa shape index (κ1) is 15.5. The summed E-state index contributed by atoms with van der Waals surface area (Å²) in [4.78, 5) is 22.1. The maximum atomic E-state index is 11.2. The van der Waals surface area contributed by atoms with Gasteiger partial charge in [-0.1, -0.05) is 27.7 Å². The van der Waals surface area contributed by atoms with E-state index in [1.165, 1.54) is 0 Å². The fourth-order valence-corrected chi connectivity index (χ4v) is 0.999. The Morgan fingerprint density at radius 1 is 1.08 bits per heavy atom. The molecule has 13 heavy (non-hydrogen) atoms. The molecule has 0 atom stereocenters. The molecular weight excluding hydrogens is 347 g/mol. The van der Waals surface area contributed by atoms with Crippen LogP contribution in [0.5, 0.6) is 0 Å². The molecule has 76 valence electrons. The maximum absolute atomic E-state index is 11.2. The van der Waals surface area contributed by atoms with Gasteiger partial charge in [-0.2, -0.15) is 0 Å². The first-order chi connectivity index (χ1) is 5.35. The third-order valence-electron chi connectivity index (χ3n) is 1.52. The van der Waals surface area contributed by atoms with Gasteiger partial charge in [0.05, 0.1) is 6.42 Å². The van der Waals surface area contributed by atoms with Gasteiger partial charge in [0.1, 0.15) is 11.6 Å². The molecule has 0 fully saturated rings. The van der Waals surface area contributed by atoms with Crippen LogP contribution in [0.15, 0.2) is 0 Å². The molecule has 0 radical (unpaired) electrons. The van der Waals surface area contributed by atoms with Gasteiger partial charge in [0.25, 0.3) is 0 Å². The zero-order chi connectivity index (χ0) is 9.78. The van der Waals surface area contributed by atoms with Crippen LogP contribution in [0.4, 0.5) is 0 Å². The van der Waals surface area contributed by atoms with Gasteiger partial charge >= 0.3 is 21.1 Å². The topological polar surface area (TPSA) is 34.1 Å². The van der Waals surface area contributed by atoms with E-state index in [4.69, 9.17) is 0 Å². The van der Waals surface area contributed by atoms with E-state index in [0.717, 1.165) is 0 Å². The van der Waals surface area contributed by atoms with E-state index in [2.05, 4.69) is 0 Å². The summed E-state index contributed by atoms with van der Waals surface area (Å²) in [7, 11) is 0. The standard InChI is InChI=1S/C10H18O2.Pt/c1-5-8(11)6-9(12)7-10(2,3)4;/h5-7H2,1-4H3;/q;+4. The predicted molar refractivity (Wildman–Crippen MR) is 49.0 cm³/mol. The van der Waals surface area contributed by atoms with Gasteiger partial charge in [0, 0.05) is 12.8 Å². The maximum Gasteiger partial charge on any atom is 4.00 e. The molecule has 0 aliphatic carbocycles. The van der Waals surface area contributed by atoms with Gasteiger partial charge in [0.2, 0.25) is 0 Å². The van der Waals surface area contributed by atoms with Gasteiger partial charge in [-0.25, -0.2) is 0 Å². The predicted octanol–water partition coefficient (Wildman–Crippen LogP) is 2.36. The second-order valence-corrected chi connectivity index (χ2v) is 4.35. The number of ketones is 2. The van der Waals surface area contributed by atoms with Crippen LogP contribution in [0.2, 0.25) is 0 Å². The Balaban J connectivity index is 0. The van der Waals surface area contributed by atoms with Crippen molar-refractivity contribution in [1.82, 2.24) is 0 Å². The minimum absolute atomic E-state index is 0. The number of carbonyl (C=O) groups excluding carboxylic acids is 2. The minimum Gasteiger partial charge on any atom is -0.299 e. The summed E-state index contributed by atoms with van der Waals surface area (Å²) < 4.78 is 0. The molecule has 0 aromatic heterocycles. The zero-order valence-electron chi connectivity index (χ0n) is 8.75. The molecule has 0 heterocycles. The summed E-state index contributed by atoms with van der Waals surface area (Å²) in [6.07, 6.45) is 1.09. The quantitative estimate of drug-likeness (QED) is 0.717. The van der Waals surface area contributed by atoms with Crippen molar-refractivity contribution in [2.24, 2.45) is 5.41 Å². The second-order valence-electron chi connectivity index (χ2n) is 4.35. The van der Waals surface area contributed by atoms with E-state index in [1.807, 2.05) is 20.8 Å². The molecule has 0 aliphatic heterocycles. The Morgan fingerprint density at radius 3 is 1.85 bits per heavy atom. The van der Waals surface area contributed by atoms with Crippen LogP contribution in [0.25, 0.3) is 0 Å². The molecule has 0 aliphatic rings. The Kier molecular flexibility index (Phi) is 7.72. The summed E-state index contributed by atoms with van der Waals surface area (Å²) >= 11 is 0. The fourth-order valence-electron chi connectivity index (χ4n) is 0.999. The Bertz CT molecular complexity index is 180. The average Bonchev–Trinajstić information content (AvgIpc) is 1.82. The molecule has 3 heteroatoms. The van der Waals surface area contributed by atoms with Gasteiger partial charge in [-0.15, -0.1) is 0 Å². The van der Waals surface area contributed by atoms with Crippen molar-refractivity contribution >= 4 is 11.6 Å². The molecule has 0 N–H and O–H groups in total. The summed E-state index contributed by atoms with van der Waals surface area (Å²) in [6.45, 7) is 7.79. The van der Waals surface area contributed by atoms with Crippen molar-refractivity contribution in [3.63, 3.8) is 0 Å².